The van der Waals surface area contributed by atoms with Crippen LogP contribution in [0.15, 0.2) is 43.0 Å². The Kier molecular flexibility index (Phi) is 4.53. The van der Waals surface area contributed by atoms with Gasteiger partial charge < -0.3 is 9.64 Å². The predicted molar refractivity (Wildman–Crippen MR) is 83.0 cm³/mol. The van der Waals surface area contributed by atoms with E-state index in [1.807, 2.05) is 4.90 Å². The number of aromatic nitrogens is 2. The Bertz CT molecular complexity index is 643. The highest BCUT2D eigenvalue weighted by atomic mass is 35.5. The number of rotatable bonds is 3. The molecule has 6 heteroatoms. The number of carbonyl (C=O) groups excluding carboxylic acids is 1. The fourth-order valence-corrected chi connectivity index (χ4v) is 2.66. The zero-order chi connectivity index (χ0) is 15.4. The number of hydrogen-bond donors (Lipinski definition) is 0. The number of hydrogen-bond acceptors (Lipinski definition) is 4. The average Bonchev–Trinajstić information content (AvgIpc) is 2.58. The Morgan fingerprint density at radius 3 is 2.50 bits per heavy atom. The van der Waals surface area contributed by atoms with Gasteiger partial charge in [0, 0.05) is 62.3 Å². The van der Waals surface area contributed by atoms with Crippen LogP contribution in [0.5, 0.6) is 5.75 Å². The highest BCUT2D eigenvalue weighted by molar-refractivity contribution is 6.31. The second-order valence-electron chi connectivity index (χ2n) is 5.15. The molecule has 0 radical (unpaired) electrons. The summed E-state index contributed by atoms with van der Waals surface area (Å²) in [6.07, 6.45) is 8.14. The van der Waals surface area contributed by atoms with Crippen molar-refractivity contribution >= 4 is 17.5 Å². The van der Waals surface area contributed by atoms with Gasteiger partial charge in [-0.25, -0.2) is 0 Å². The molecule has 0 aromatic carbocycles. The maximum atomic E-state index is 12.3. The fraction of sp³-hybridized carbons (Fsp3) is 0.312. The van der Waals surface area contributed by atoms with E-state index < -0.39 is 0 Å². The van der Waals surface area contributed by atoms with Gasteiger partial charge in [0.05, 0.1) is 0 Å². The molecule has 0 atom stereocenters. The quantitative estimate of drug-likeness (QED) is 0.873. The van der Waals surface area contributed by atoms with Gasteiger partial charge >= 0.3 is 0 Å². The fourth-order valence-electron chi connectivity index (χ4n) is 2.49. The minimum Gasteiger partial charge on any atom is -0.489 e. The number of halogens is 1. The third-order valence-electron chi connectivity index (χ3n) is 3.69. The van der Waals surface area contributed by atoms with Crippen LogP contribution >= 0.6 is 11.6 Å². The molecule has 0 aliphatic carbocycles. The summed E-state index contributed by atoms with van der Waals surface area (Å²) in [6.45, 7) is 1.35. The summed E-state index contributed by atoms with van der Waals surface area (Å²) in [6, 6.07) is 5.24. The van der Waals surface area contributed by atoms with Crippen LogP contribution in [0.4, 0.5) is 0 Å². The Hall–Kier alpha value is -2.14. The molecule has 0 bridgehead atoms. The molecule has 1 aliphatic rings. The molecule has 1 saturated heterocycles. The normalized spacial score (nSPS) is 15.6. The van der Waals surface area contributed by atoms with E-state index in [2.05, 4.69) is 9.97 Å². The van der Waals surface area contributed by atoms with Crippen molar-refractivity contribution < 1.29 is 9.53 Å². The second kappa shape index (κ2) is 6.75. The van der Waals surface area contributed by atoms with E-state index in [4.69, 9.17) is 16.3 Å². The lowest BCUT2D eigenvalue weighted by atomic mass is 10.1. The van der Waals surface area contributed by atoms with Gasteiger partial charge in [0.15, 0.2) is 0 Å². The minimum atomic E-state index is 0.0443. The van der Waals surface area contributed by atoms with Crippen LogP contribution in [0.3, 0.4) is 0 Å². The Labute approximate surface area is 133 Å². The number of piperidine rings is 1. The van der Waals surface area contributed by atoms with E-state index in [9.17, 15) is 4.79 Å². The molecule has 114 valence electrons. The van der Waals surface area contributed by atoms with Gasteiger partial charge in [0.1, 0.15) is 16.9 Å². The summed E-state index contributed by atoms with van der Waals surface area (Å²) < 4.78 is 5.90. The highest BCUT2D eigenvalue weighted by Crippen LogP contribution is 2.26. The summed E-state index contributed by atoms with van der Waals surface area (Å²) >= 11 is 6.04. The number of likely N-dealkylation sites (tertiary alicyclic amines) is 1. The van der Waals surface area contributed by atoms with Gasteiger partial charge in [-0.1, -0.05) is 11.6 Å². The van der Waals surface area contributed by atoms with Crippen molar-refractivity contribution in [3.05, 3.63) is 53.6 Å². The molecule has 0 saturated carbocycles. The Balaban J connectivity index is 1.57. The molecule has 1 aliphatic heterocycles. The smallest absolute Gasteiger partial charge is 0.253 e. The van der Waals surface area contributed by atoms with Gasteiger partial charge in [-0.15, -0.1) is 0 Å². The van der Waals surface area contributed by atoms with Crippen LogP contribution in [0, 0.1) is 0 Å². The molecule has 1 fully saturated rings. The lowest BCUT2D eigenvalue weighted by Crippen LogP contribution is -2.41. The number of carbonyl (C=O) groups is 1. The Morgan fingerprint density at radius 1 is 1.14 bits per heavy atom. The van der Waals surface area contributed by atoms with Crippen molar-refractivity contribution in [2.45, 2.75) is 18.9 Å². The van der Waals surface area contributed by atoms with Crippen molar-refractivity contribution in [3.8, 4) is 5.75 Å². The molecule has 22 heavy (non-hydrogen) atoms. The van der Waals surface area contributed by atoms with Crippen molar-refractivity contribution in [2.24, 2.45) is 0 Å². The van der Waals surface area contributed by atoms with Crippen LogP contribution < -0.4 is 4.74 Å². The van der Waals surface area contributed by atoms with Crippen molar-refractivity contribution in [1.29, 1.82) is 0 Å². The topological polar surface area (TPSA) is 55.3 Å². The molecule has 2 aromatic heterocycles. The zero-order valence-electron chi connectivity index (χ0n) is 12.0. The van der Waals surface area contributed by atoms with E-state index in [1.54, 1.807) is 43.0 Å². The van der Waals surface area contributed by atoms with Crippen molar-refractivity contribution in [3.63, 3.8) is 0 Å². The summed E-state index contributed by atoms with van der Waals surface area (Å²) in [5.74, 6) is 0.693. The third kappa shape index (κ3) is 3.36. The number of amides is 1. The van der Waals surface area contributed by atoms with E-state index >= 15 is 0 Å². The SMILES string of the molecule is O=C(c1ccncc1)N1CCC(Oc2ccncc2Cl)CC1. The van der Waals surface area contributed by atoms with E-state index in [-0.39, 0.29) is 12.0 Å². The number of pyridine rings is 2. The Morgan fingerprint density at radius 2 is 1.82 bits per heavy atom. The standard InChI is InChI=1S/C16H16ClN3O2/c17-14-11-19-8-3-15(14)22-13-4-9-20(10-5-13)16(21)12-1-6-18-7-2-12/h1-3,6-8,11,13H,4-5,9-10H2. The largest absolute Gasteiger partial charge is 0.489 e. The number of nitrogens with zero attached hydrogens (tertiary/aromatic N) is 3. The lowest BCUT2D eigenvalue weighted by molar-refractivity contribution is 0.0595. The molecule has 0 N–H and O–H groups in total. The molecule has 2 aromatic rings. The van der Waals surface area contributed by atoms with Crippen LogP contribution in [0.25, 0.3) is 0 Å². The number of ether oxygens (including phenoxy) is 1. The van der Waals surface area contributed by atoms with Gasteiger partial charge in [-0.2, -0.15) is 0 Å². The molecular formula is C16H16ClN3O2. The van der Waals surface area contributed by atoms with Crippen molar-refractivity contribution in [2.75, 3.05) is 13.1 Å². The van der Waals surface area contributed by atoms with E-state index in [0.717, 1.165) is 12.8 Å². The maximum absolute atomic E-state index is 12.3. The first-order valence-electron chi connectivity index (χ1n) is 7.19. The van der Waals surface area contributed by atoms with Crippen LogP contribution in [0.2, 0.25) is 5.02 Å². The predicted octanol–water partition coefficient (Wildman–Crippen LogP) is 2.81. The van der Waals surface area contributed by atoms with Crippen LogP contribution in [-0.2, 0) is 0 Å². The van der Waals surface area contributed by atoms with E-state index in [0.29, 0.717) is 29.4 Å². The summed E-state index contributed by atoms with van der Waals surface area (Å²) in [5.41, 5.74) is 0.673. The molecular weight excluding hydrogens is 302 g/mol. The summed E-state index contributed by atoms with van der Waals surface area (Å²) in [4.78, 5) is 22.1. The van der Waals surface area contributed by atoms with E-state index in [1.165, 1.54) is 0 Å². The minimum absolute atomic E-state index is 0.0443. The summed E-state index contributed by atoms with van der Waals surface area (Å²) in [7, 11) is 0. The highest BCUT2D eigenvalue weighted by Gasteiger charge is 2.25. The van der Waals surface area contributed by atoms with Gasteiger partial charge in [0.2, 0.25) is 0 Å². The van der Waals surface area contributed by atoms with Gasteiger partial charge in [-0.3, -0.25) is 14.8 Å². The van der Waals surface area contributed by atoms with Crippen molar-refractivity contribution in [1.82, 2.24) is 14.9 Å². The molecule has 0 unspecified atom stereocenters. The average molecular weight is 318 g/mol. The maximum Gasteiger partial charge on any atom is 0.253 e. The molecule has 5 nitrogen and oxygen atoms in total. The first-order valence-corrected chi connectivity index (χ1v) is 7.57. The first-order chi connectivity index (χ1) is 10.7. The lowest BCUT2D eigenvalue weighted by Gasteiger charge is -2.32. The van der Waals surface area contributed by atoms with Gasteiger partial charge in [-0.05, 0) is 12.1 Å². The third-order valence-corrected chi connectivity index (χ3v) is 3.97. The second-order valence-corrected chi connectivity index (χ2v) is 5.56. The monoisotopic (exact) mass is 317 g/mol. The van der Waals surface area contributed by atoms with Crippen LogP contribution in [0.1, 0.15) is 23.2 Å². The molecule has 1 amide bonds. The zero-order valence-corrected chi connectivity index (χ0v) is 12.7. The molecule has 3 heterocycles. The molecule has 0 spiro atoms. The van der Waals surface area contributed by atoms with Crippen LogP contribution in [-0.4, -0.2) is 40.0 Å². The first kappa shape index (κ1) is 14.8. The molecule has 3 rings (SSSR count). The van der Waals surface area contributed by atoms with Gasteiger partial charge in [0.25, 0.3) is 5.91 Å². The summed E-state index contributed by atoms with van der Waals surface area (Å²) in [5, 5.41) is 0.512.